The molecule has 0 aliphatic carbocycles. The molecule has 0 amide bonds. The molecule has 0 aliphatic rings. The number of allylic oxidation sites excluding steroid dienone is 1. The second-order valence-electron chi connectivity index (χ2n) is 4.12. The molecule has 0 aliphatic heterocycles. The zero-order valence-electron chi connectivity index (χ0n) is 10.8. The Morgan fingerprint density at radius 2 is 1.50 bits per heavy atom. The maximum absolute atomic E-state index is 13.8. The van der Waals surface area contributed by atoms with E-state index in [1.54, 1.807) is 19.1 Å². The lowest BCUT2D eigenvalue weighted by Gasteiger charge is -2.00. The average Bonchev–Trinajstić information content (AvgIpc) is 2.40. The van der Waals surface area contributed by atoms with E-state index in [0.717, 1.165) is 0 Å². The van der Waals surface area contributed by atoms with Crippen molar-refractivity contribution in [2.24, 2.45) is 0 Å². The molecule has 100 valence electrons. The summed E-state index contributed by atoms with van der Waals surface area (Å²) < 4.78 is 40.2. The van der Waals surface area contributed by atoms with Crippen molar-refractivity contribution in [3.8, 4) is 11.8 Å². The van der Waals surface area contributed by atoms with Gasteiger partial charge in [-0.05, 0) is 48.9 Å². The largest absolute Gasteiger partial charge is 0.207 e. The van der Waals surface area contributed by atoms with E-state index in [4.69, 9.17) is 0 Å². The van der Waals surface area contributed by atoms with Crippen molar-refractivity contribution in [3.05, 3.63) is 76.6 Å². The van der Waals surface area contributed by atoms with Gasteiger partial charge in [0, 0.05) is 5.56 Å². The molecule has 0 aromatic heterocycles. The molecule has 2 rings (SSSR count). The van der Waals surface area contributed by atoms with Crippen molar-refractivity contribution < 1.29 is 13.2 Å². The third-order valence-electron chi connectivity index (χ3n) is 2.60. The first-order valence-corrected chi connectivity index (χ1v) is 5.99. The SMILES string of the molecule is CC=Cc1cc(F)c(C#Cc2ccc(F)cc2)c(F)c1. The van der Waals surface area contributed by atoms with Gasteiger partial charge in [0.15, 0.2) is 0 Å². The first-order valence-electron chi connectivity index (χ1n) is 5.99. The highest BCUT2D eigenvalue weighted by Gasteiger charge is 2.07. The fourth-order valence-corrected chi connectivity index (χ4v) is 1.67. The van der Waals surface area contributed by atoms with Gasteiger partial charge in [-0.3, -0.25) is 0 Å². The van der Waals surface area contributed by atoms with Gasteiger partial charge in [-0.25, -0.2) is 13.2 Å². The summed E-state index contributed by atoms with van der Waals surface area (Å²) in [6.45, 7) is 1.76. The Morgan fingerprint density at radius 1 is 0.900 bits per heavy atom. The average molecular weight is 272 g/mol. The molecule has 0 atom stereocenters. The van der Waals surface area contributed by atoms with Gasteiger partial charge >= 0.3 is 0 Å². The van der Waals surface area contributed by atoms with E-state index >= 15 is 0 Å². The number of hydrogen-bond donors (Lipinski definition) is 0. The standard InChI is InChI=1S/C17H11F3/c1-2-3-13-10-16(19)15(17(20)11-13)9-6-12-4-7-14(18)8-5-12/h2-5,7-8,10-11H,1H3. The Hall–Kier alpha value is -2.47. The molecule has 0 fully saturated rings. The Balaban J connectivity index is 2.37. The van der Waals surface area contributed by atoms with Crippen molar-refractivity contribution in [2.75, 3.05) is 0 Å². The lowest BCUT2D eigenvalue weighted by Crippen LogP contribution is -1.92. The van der Waals surface area contributed by atoms with Crippen molar-refractivity contribution in [1.29, 1.82) is 0 Å². The van der Waals surface area contributed by atoms with Crippen molar-refractivity contribution in [2.45, 2.75) is 6.92 Å². The van der Waals surface area contributed by atoms with Gasteiger partial charge in [0.1, 0.15) is 17.5 Å². The molecule has 2 aromatic carbocycles. The fraction of sp³-hybridized carbons (Fsp3) is 0.0588. The second kappa shape index (κ2) is 6.12. The lowest BCUT2D eigenvalue weighted by atomic mass is 10.1. The summed E-state index contributed by atoms with van der Waals surface area (Å²) in [4.78, 5) is 0. The molecule has 3 heteroatoms. The van der Waals surface area contributed by atoms with Crippen molar-refractivity contribution in [3.63, 3.8) is 0 Å². The topological polar surface area (TPSA) is 0 Å². The van der Waals surface area contributed by atoms with Gasteiger partial charge < -0.3 is 0 Å². The molecule has 2 aromatic rings. The molecule has 0 saturated heterocycles. The summed E-state index contributed by atoms with van der Waals surface area (Å²) in [6, 6.07) is 7.83. The summed E-state index contributed by atoms with van der Waals surface area (Å²) in [5.41, 5.74) is 0.639. The first kappa shape index (κ1) is 14.0. The van der Waals surface area contributed by atoms with Crippen LogP contribution in [0.4, 0.5) is 13.2 Å². The Bertz CT molecular complexity index is 678. The van der Waals surface area contributed by atoms with Crippen molar-refractivity contribution >= 4 is 6.08 Å². The van der Waals surface area contributed by atoms with E-state index in [9.17, 15) is 13.2 Å². The molecule has 0 radical (unpaired) electrons. The Labute approximate surface area is 115 Å². The van der Waals surface area contributed by atoms with Gasteiger partial charge in [-0.15, -0.1) is 0 Å². The van der Waals surface area contributed by atoms with Crippen LogP contribution >= 0.6 is 0 Å². The Morgan fingerprint density at radius 3 is 2.05 bits per heavy atom. The molecule has 0 N–H and O–H groups in total. The summed E-state index contributed by atoms with van der Waals surface area (Å²) >= 11 is 0. The van der Waals surface area contributed by atoms with Crippen LogP contribution in [0.1, 0.15) is 23.6 Å². The highest BCUT2D eigenvalue weighted by atomic mass is 19.1. The van der Waals surface area contributed by atoms with Crippen LogP contribution in [-0.2, 0) is 0 Å². The molecular weight excluding hydrogens is 261 g/mol. The van der Waals surface area contributed by atoms with Crippen LogP contribution in [0.2, 0.25) is 0 Å². The fourth-order valence-electron chi connectivity index (χ4n) is 1.67. The second-order valence-corrected chi connectivity index (χ2v) is 4.12. The van der Waals surface area contributed by atoms with Crippen LogP contribution in [0.3, 0.4) is 0 Å². The number of rotatable bonds is 1. The number of hydrogen-bond acceptors (Lipinski definition) is 0. The third-order valence-corrected chi connectivity index (χ3v) is 2.60. The molecule has 0 spiro atoms. The van der Waals surface area contributed by atoms with E-state index in [1.165, 1.54) is 36.4 Å². The minimum atomic E-state index is -0.715. The van der Waals surface area contributed by atoms with Crippen LogP contribution in [-0.4, -0.2) is 0 Å². The van der Waals surface area contributed by atoms with Crippen LogP contribution in [0.25, 0.3) is 6.08 Å². The monoisotopic (exact) mass is 272 g/mol. The molecular formula is C17H11F3. The predicted molar refractivity (Wildman–Crippen MR) is 73.4 cm³/mol. The maximum Gasteiger partial charge on any atom is 0.142 e. The molecule has 20 heavy (non-hydrogen) atoms. The maximum atomic E-state index is 13.8. The van der Waals surface area contributed by atoms with E-state index < -0.39 is 11.6 Å². The summed E-state index contributed by atoms with van der Waals surface area (Å²) in [5.74, 6) is 3.23. The minimum Gasteiger partial charge on any atom is -0.207 e. The molecule has 0 heterocycles. The van der Waals surface area contributed by atoms with Crippen molar-refractivity contribution in [1.82, 2.24) is 0 Å². The van der Waals surface area contributed by atoms with Crippen LogP contribution in [0.15, 0.2) is 42.5 Å². The molecule has 0 nitrogen and oxygen atoms in total. The quantitative estimate of drug-likeness (QED) is 0.669. The highest BCUT2D eigenvalue weighted by Crippen LogP contribution is 2.16. The van der Waals surface area contributed by atoms with Gasteiger partial charge in [0.2, 0.25) is 0 Å². The molecule has 0 bridgehead atoms. The van der Waals surface area contributed by atoms with E-state index in [0.29, 0.717) is 11.1 Å². The summed E-state index contributed by atoms with van der Waals surface area (Å²) in [6.07, 6.45) is 3.29. The van der Waals surface area contributed by atoms with Crippen LogP contribution in [0, 0.1) is 29.3 Å². The predicted octanol–water partition coefficient (Wildman–Crippen LogP) is 4.54. The number of halogens is 3. The van der Waals surface area contributed by atoms with Gasteiger partial charge in [-0.1, -0.05) is 24.0 Å². The third kappa shape index (κ3) is 3.30. The van der Waals surface area contributed by atoms with E-state index in [2.05, 4.69) is 11.8 Å². The number of benzene rings is 2. The summed E-state index contributed by atoms with van der Waals surface area (Å²) in [7, 11) is 0. The van der Waals surface area contributed by atoms with Crippen LogP contribution in [0.5, 0.6) is 0 Å². The van der Waals surface area contributed by atoms with Crippen LogP contribution < -0.4 is 0 Å². The molecule has 0 unspecified atom stereocenters. The highest BCUT2D eigenvalue weighted by molar-refractivity contribution is 5.53. The zero-order chi connectivity index (χ0) is 14.5. The summed E-state index contributed by atoms with van der Waals surface area (Å²) in [5, 5.41) is 0. The van der Waals surface area contributed by atoms with E-state index in [1.807, 2.05) is 0 Å². The van der Waals surface area contributed by atoms with Gasteiger partial charge in [-0.2, -0.15) is 0 Å². The van der Waals surface area contributed by atoms with Gasteiger partial charge in [0.25, 0.3) is 0 Å². The Kier molecular flexibility index (Phi) is 4.27. The van der Waals surface area contributed by atoms with Gasteiger partial charge in [0.05, 0.1) is 5.56 Å². The lowest BCUT2D eigenvalue weighted by molar-refractivity contribution is 0.577. The zero-order valence-corrected chi connectivity index (χ0v) is 10.8. The first-order chi connectivity index (χ1) is 9.60. The minimum absolute atomic E-state index is 0.289. The van der Waals surface area contributed by atoms with E-state index in [-0.39, 0.29) is 11.4 Å². The molecule has 0 saturated carbocycles. The normalized spacial score (nSPS) is 10.4. The smallest absolute Gasteiger partial charge is 0.142 e.